The highest BCUT2D eigenvalue weighted by Crippen LogP contribution is 2.66. The minimum absolute atomic E-state index is 0.0131. The Morgan fingerprint density at radius 1 is 0.440 bits per heavy atom. The summed E-state index contributed by atoms with van der Waals surface area (Å²) in [6.07, 6.45) is -22.8. The molecule has 25 atom stereocenters. The van der Waals surface area contributed by atoms with E-state index in [0.717, 1.165) is 90.3 Å². The number of aromatic nitrogens is 3. The quantitative estimate of drug-likeness (QED) is 0.0218. The van der Waals surface area contributed by atoms with E-state index in [-0.39, 0.29) is 34.5 Å². The van der Waals surface area contributed by atoms with E-state index in [1.807, 2.05) is 0 Å². The van der Waals surface area contributed by atoms with E-state index in [0.29, 0.717) is 24.7 Å². The van der Waals surface area contributed by atoms with E-state index in [4.69, 9.17) is 94.7 Å². The van der Waals surface area contributed by atoms with Gasteiger partial charge in [-0.15, -0.1) is 5.10 Å². The molecule has 0 unspecified atom stereocenters. The van der Waals surface area contributed by atoms with Crippen LogP contribution in [0.15, 0.2) is 29.5 Å². The summed E-state index contributed by atoms with van der Waals surface area (Å²) in [6, 6.07) is -8.66. The van der Waals surface area contributed by atoms with Gasteiger partial charge in [-0.1, -0.05) is 36.3 Å². The van der Waals surface area contributed by atoms with Gasteiger partial charge in [0, 0.05) is 61.0 Å². The Balaban J connectivity index is 1.18. The van der Waals surface area contributed by atoms with E-state index >= 15 is 0 Å². The van der Waals surface area contributed by atoms with Gasteiger partial charge in [0.05, 0.1) is 31.4 Å². The van der Waals surface area contributed by atoms with E-state index in [1.165, 1.54) is 60.2 Å². The maximum atomic E-state index is 14.8. The zero-order chi connectivity index (χ0) is 99.8. The molecule has 7 fully saturated rings. The number of amides is 6. The number of hydrogen-bond acceptors (Lipinski definition) is 36. The van der Waals surface area contributed by atoms with Gasteiger partial charge >= 0.3 is 84.3 Å². The van der Waals surface area contributed by atoms with E-state index < -0.39 is 261 Å². The minimum Gasteiger partial charge on any atom is -0.463 e. The van der Waals surface area contributed by atoms with Crippen molar-refractivity contribution in [2.75, 3.05) is 19.7 Å². The number of hydrogen-bond donors (Lipinski definition) is 6. The van der Waals surface area contributed by atoms with Crippen LogP contribution in [0.25, 0.3) is 0 Å². The first-order valence-corrected chi connectivity index (χ1v) is 45.4. The van der Waals surface area contributed by atoms with Gasteiger partial charge in [-0.25, -0.2) is 38.2 Å². The van der Waals surface area contributed by atoms with Crippen molar-refractivity contribution in [2.24, 2.45) is 28.6 Å². The molecular formula is C91H139N9O34. The SMILES string of the molecule is CC(=O)OC[C@H]1O[C@@H](O[C@@H]2[C@@H](OC(C)=O)[C@H](NC(=O)OC(C)(C)C)C[C@H](NC(=O)OC(C)(C)C)[C@H]2O[C@H]2O[C@H](CNC(=O)OC(C)(C)C)[C@@H](OC(C)=O)[C@H](OC(C)=O)[C@H]2NC(=O)OC(C)(C)C)[C@H](OC(C)=O)[C@@H]1O[C@H]1O[C@@H](CNC(=O)OC(C)(C)C)[C@@H](OC(C)=O)[C@H](n2cc(COC(=O)/C=C3\CC[C@H]4[C@@H]5CC=C6C[C@@H](OC(C)=O)CC[C@]6(C)[C@H]5CC[C@]34C)nn2)[C@H]1NC(=O)OC(C)(C)C. The average molecular weight is 1900 g/mol. The molecule has 134 heavy (non-hydrogen) atoms. The van der Waals surface area contributed by atoms with Crippen LogP contribution in [0.1, 0.15) is 256 Å². The molecule has 3 aliphatic heterocycles. The Hall–Kier alpha value is -10.2. The topological polar surface area (TPSA) is 526 Å². The molecule has 3 saturated heterocycles. The standard InChI is InChI=1S/C91H139N9O34/c1-44(101)115-43-62-71(127-75-64(96-82(113)133-88(20,21)22)66(69(119-47(4)104)60(123-75)39-92-78(109)129-84(8,9)10)100-41-53(98-99-100)42-116-63(108)37-52-29-31-56-55-30-28-51-36-54(117-45(2)102)32-34-90(51,26)57(55)33-35-91(52,56)27)74(122-50(7)107)77(125-62)128-73-67(118-46(3)103)58(94-80(111)131-86(14,15)16)38-59(95-81(112)132-87(17,18)19)68(73)126-76-65(97-83(114)134-89(23,24)25)72(121-49(6)106)70(120-48(5)105)61(124-76)40-93-79(110)130-85(11,12)13/h28,37,41,54-62,64-77H,29-36,38-40,42-43H2,1-27H3,(H,92,109)(H,93,110)(H,94,111)(H,95,112)(H,96,113)(H,97,114)/b52-37+/t54-,55-,56-,57-,58+,59-,60-,61+,62+,64+,65+,66+,67-,68+,69+,70+,71+,72+,73+,74+,75+,76+,77-,90-,91+/m0/s1. The minimum atomic E-state index is -2.22. The Labute approximate surface area is 780 Å². The van der Waals surface area contributed by atoms with Crippen molar-refractivity contribution in [3.63, 3.8) is 0 Å². The molecule has 8 aliphatic rings. The second-order valence-electron chi connectivity index (χ2n) is 41.6. The molecule has 4 heterocycles. The Morgan fingerprint density at radius 2 is 0.866 bits per heavy atom. The number of nitrogens with one attached hydrogen (secondary N) is 6. The highest BCUT2D eigenvalue weighted by atomic mass is 16.8. The molecule has 6 N–H and O–H groups in total. The number of rotatable bonds is 26. The third-order valence-electron chi connectivity index (χ3n) is 23.6. The highest BCUT2D eigenvalue weighted by Gasteiger charge is 2.63. The summed E-state index contributed by atoms with van der Waals surface area (Å²) < 4.78 is 125. The normalized spacial score (nSPS) is 31.7. The third-order valence-corrected chi connectivity index (χ3v) is 23.6. The molecule has 0 bridgehead atoms. The van der Waals surface area contributed by atoms with Crippen LogP contribution < -0.4 is 31.9 Å². The van der Waals surface area contributed by atoms with Gasteiger partial charge < -0.3 is 127 Å². The lowest BCUT2D eigenvalue weighted by molar-refractivity contribution is -0.313. The number of carbonyl (C=O) groups excluding carboxylic acids is 14. The highest BCUT2D eigenvalue weighted by molar-refractivity contribution is 5.83. The van der Waals surface area contributed by atoms with Crippen molar-refractivity contribution in [2.45, 2.75) is 407 Å². The number of alkyl carbamates (subject to hydrolysis) is 6. The lowest BCUT2D eigenvalue weighted by Crippen LogP contribution is -2.71. The lowest BCUT2D eigenvalue weighted by atomic mass is 9.48. The van der Waals surface area contributed by atoms with E-state index in [1.54, 1.807) is 89.2 Å². The smallest absolute Gasteiger partial charge is 0.408 e. The Bertz CT molecular complexity index is 4470. The molecule has 0 spiro atoms. The molecule has 9 rings (SSSR count). The fourth-order valence-electron chi connectivity index (χ4n) is 18.9. The molecule has 0 radical (unpaired) electrons. The van der Waals surface area contributed by atoms with Crippen molar-refractivity contribution in [3.8, 4) is 0 Å². The van der Waals surface area contributed by atoms with Crippen molar-refractivity contribution >= 4 is 84.3 Å². The van der Waals surface area contributed by atoms with E-state index in [9.17, 15) is 67.1 Å². The molecule has 43 heteroatoms. The first-order chi connectivity index (χ1) is 61.9. The molecule has 43 nitrogen and oxygen atoms in total. The largest absolute Gasteiger partial charge is 0.463 e. The monoisotopic (exact) mass is 1900 g/mol. The molecule has 6 amide bonds. The molecule has 1 aromatic rings. The zero-order valence-electron chi connectivity index (χ0n) is 81.9. The van der Waals surface area contributed by atoms with Gasteiger partial charge in [0.15, 0.2) is 49.4 Å². The first kappa shape index (κ1) is 107. The number of fused-ring (bicyclic) bond motifs is 5. The number of nitrogens with zero attached hydrogens (tertiary/aromatic N) is 3. The summed E-state index contributed by atoms with van der Waals surface area (Å²) in [5.41, 5.74) is -5.28. The number of allylic oxidation sites excluding steroid dienone is 2. The maximum Gasteiger partial charge on any atom is 0.408 e. The van der Waals surface area contributed by atoms with Gasteiger partial charge in [0.25, 0.3) is 0 Å². The summed E-state index contributed by atoms with van der Waals surface area (Å²) in [5.74, 6) is -6.05. The fourth-order valence-corrected chi connectivity index (χ4v) is 18.9. The summed E-state index contributed by atoms with van der Waals surface area (Å²) >= 11 is 0. The molecule has 752 valence electrons. The predicted molar refractivity (Wildman–Crippen MR) is 465 cm³/mol. The second-order valence-corrected chi connectivity index (χ2v) is 41.6. The summed E-state index contributed by atoms with van der Waals surface area (Å²) in [7, 11) is 0. The second kappa shape index (κ2) is 43.4. The van der Waals surface area contributed by atoms with Crippen molar-refractivity contribution in [3.05, 3.63) is 35.2 Å². The third kappa shape index (κ3) is 30.1. The van der Waals surface area contributed by atoms with Gasteiger partial charge in [0.2, 0.25) is 0 Å². The zero-order valence-corrected chi connectivity index (χ0v) is 81.9. The Kier molecular flexibility index (Phi) is 34.8. The van der Waals surface area contributed by atoms with Gasteiger partial charge in [0.1, 0.15) is 113 Å². The van der Waals surface area contributed by atoms with Crippen molar-refractivity contribution in [1.29, 1.82) is 0 Å². The predicted octanol–water partition coefficient (Wildman–Crippen LogP) is 9.26. The molecule has 1 aromatic heterocycles. The first-order valence-electron chi connectivity index (χ1n) is 45.4. The van der Waals surface area contributed by atoms with Crippen LogP contribution in [0.3, 0.4) is 0 Å². The van der Waals surface area contributed by atoms with Gasteiger partial charge in [-0.3, -0.25) is 33.6 Å². The maximum absolute atomic E-state index is 14.8. The lowest BCUT2D eigenvalue weighted by Gasteiger charge is -2.57. The van der Waals surface area contributed by atoms with Crippen LogP contribution in [0.2, 0.25) is 0 Å². The van der Waals surface area contributed by atoms with Crippen LogP contribution in [0.4, 0.5) is 28.8 Å². The molecular weight excluding hydrogens is 1760 g/mol. The summed E-state index contributed by atoms with van der Waals surface area (Å²) in [4.78, 5) is 195. The van der Waals surface area contributed by atoms with Crippen LogP contribution >= 0.6 is 0 Å². The van der Waals surface area contributed by atoms with Crippen LogP contribution in [0, 0.1) is 28.6 Å². The van der Waals surface area contributed by atoms with Crippen molar-refractivity contribution in [1.82, 2.24) is 46.9 Å². The number of esters is 8. The average Bonchev–Trinajstić information content (AvgIpc) is 1.49. The number of ether oxygens (including phenoxy) is 20. The fraction of sp³-hybridized carbons (Fsp3) is 0.780. The van der Waals surface area contributed by atoms with E-state index in [2.05, 4.69) is 62.1 Å². The summed E-state index contributed by atoms with van der Waals surface area (Å²) in [6.45, 7) is 37.5. The van der Waals surface area contributed by atoms with Crippen LogP contribution in [-0.4, -0.2) is 269 Å². The van der Waals surface area contributed by atoms with Crippen LogP contribution in [0.5, 0.6) is 0 Å². The molecule has 0 aromatic carbocycles. The van der Waals surface area contributed by atoms with Crippen LogP contribution in [-0.2, 0) is 140 Å². The summed E-state index contributed by atoms with van der Waals surface area (Å²) in [5, 5.41) is 25.0. The van der Waals surface area contributed by atoms with Gasteiger partial charge in [-0.05, 0) is 205 Å². The van der Waals surface area contributed by atoms with Gasteiger partial charge in [-0.2, -0.15) is 0 Å². The molecule has 4 saturated carbocycles. The number of carbonyl (C=O) groups is 14. The molecule has 5 aliphatic carbocycles. The Morgan fingerprint density at radius 3 is 1.38 bits per heavy atom. The van der Waals surface area contributed by atoms with Crippen molar-refractivity contribution < 1.29 is 162 Å².